The highest BCUT2D eigenvalue weighted by Gasteiger charge is 2.27. The molecule has 0 fully saturated rings. The normalized spacial score (nSPS) is 17.6. The Labute approximate surface area is 121 Å². The first-order valence-electron chi connectivity index (χ1n) is 6.54. The van der Waals surface area contributed by atoms with Crippen molar-refractivity contribution in [2.75, 3.05) is 7.11 Å². The lowest BCUT2D eigenvalue weighted by atomic mass is 9.91. The standard InChI is InChI=1S/C15H15NO3S/c1-19-12-5-3-2-4-10(12)14-16-11-7-6-9(15(17)18)8-13(11)20-14/h2-5,9H,6-8H2,1H3,(H,17,18). The Bertz CT molecular complexity index is 650. The predicted octanol–water partition coefficient (Wildman–Crippen LogP) is 3.01. The van der Waals surface area contributed by atoms with Crippen LogP contribution in [0.3, 0.4) is 0 Å². The number of hydrogen-bond acceptors (Lipinski definition) is 4. The third-order valence-corrected chi connectivity index (χ3v) is 4.78. The fourth-order valence-electron chi connectivity index (χ4n) is 2.52. The van der Waals surface area contributed by atoms with Crippen molar-refractivity contribution in [3.05, 3.63) is 34.8 Å². The lowest BCUT2D eigenvalue weighted by Crippen LogP contribution is -2.21. The monoisotopic (exact) mass is 289 g/mol. The summed E-state index contributed by atoms with van der Waals surface area (Å²) in [5.74, 6) is -0.176. The number of ether oxygens (including phenoxy) is 1. The van der Waals surface area contributed by atoms with Gasteiger partial charge in [-0.25, -0.2) is 4.98 Å². The number of aromatic nitrogens is 1. The molecule has 0 saturated carbocycles. The molecule has 5 heteroatoms. The number of aryl methyl sites for hydroxylation is 1. The fourth-order valence-corrected chi connectivity index (χ4v) is 3.74. The van der Waals surface area contributed by atoms with E-state index in [0.29, 0.717) is 12.8 Å². The molecule has 3 rings (SSSR count). The first-order valence-corrected chi connectivity index (χ1v) is 7.35. The molecule has 1 aromatic carbocycles. The summed E-state index contributed by atoms with van der Waals surface area (Å²) in [6.07, 6.45) is 2.02. The lowest BCUT2D eigenvalue weighted by Gasteiger charge is -2.16. The Balaban J connectivity index is 1.96. The van der Waals surface area contributed by atoms with Crippen LogP contribution in [0.5, 0.6) is 5.75 Å². The van der Waals surface area contributed by atoms with E-state index in [-0.39, 0.29) is 5.92 Å². The van der Waals surface area contributed by atoms with Gasteiger partial charge in [0.05, 0.1) is 24.3 Å². The highest BCUT2D eigenvalue weighted by atomic mass is 32.1. The number of para-hydroxylation sites is 1. The van der Waals surface area contributed by atoms with E-state index in [1.165, 1.54) is 0 Å². The molecule has 0 bridgehead atoms. The summed E-state index contributed by atoms with van der Waals surface area (Å²) in [5, 5.41) is 10.0. The molecule has 0 aliphatic heterocycles. The molecular formula is C15H15NO3S. The van der Waals surface area contributed by atoms with Crippen LogP contribution in [-0.4, -0.2) is 23.2 Å². The molecule has 0 spiro atoms. The minimum atomic E-state index is -0.706. The van der Waals surface area contributed by atoms with Crippen molar-refractivity contribution < 1.29 is 14.6 Å². The van der Waals surface area contributed by atoms with Gasteiger partial charge in [-0.15, -0.1) is 11.3 Å². The summed E-state index contributed by atoms with van der Waals surface area (Å²) < 4.78 is 5.36. The molecule has 20 heavy (non-hydrogen) atoms. The summed E-state index contributed by atoms with van der Waals surface area (Å²) in [6.45, 7) is 0. The van der Waals surface area contributed by atoms with Crippen LogP contribution in [0.4, 0.5) is 0 Å². The van der Waals surface area contributed by atoms with Gasteiger partial charge in [0.1, 0.15) is 10.8 Å². The number of fused-ring (bicyclic) bond motifs is 1. The third kappa shape index (κ3) is 2.29. The molecule has 1 N–H and O–H groups in total. The molecule has 1 atom stereocenters. The molecule has 1 heterocycles. The largest absolute Gasteiger partial charge is 0.496 e. The average Bonchev–Trinajstić information content (AvgIpc) is 2.89. The average molecular weight is 289 g/mol. The summed E-state index contributed by atoms with van der Waals surface area (Å²) >= 11 is 1.58. The SMILES string of the molecule is COc1ccccc1-c1nc2c(s1)CC(C(=O)O)CC2. The number of carboxylic acid groups (broad SMARTS) is 1. The Kier molecular flexibility index (Phi) is 3.44. The lowest BCUT2D eigenvalue weighted by molar-refractivity contribution is -0.142. The van der Waals surface area contributed by atoms with Crippen LogP contribution >= 0.6 is 11.3 Å². The minimum Gasteiger partial charge on any atom is -0.496 e. The topological polar surface area (TPSA) is 59.4 Å². The predicted molar refractivity (Wildman–Crippen MR) is 77.3 cm³/mol. The van der Waals surface area contributed by atoms with Crippen LogP contribution < -0.4 is 4.74 Å². The molecule has 104 valence electrons. The molecule has 1 unspecified atom stereocenters. The van der Waals surface area contributed by atoms with Crippen LogP contribution in [0.25, 0.3) is 10.6 Å². The van der Waals surface area contributed by atoms with Gasteiger partial charge < -0.3 is 9.84 Å². The minimum absolute atomic E-state index is 0.270. The van der Waals surface area contributed by atoms with E-state index in [1.807, 2.05) is 24.3 Å². The Morgan fingerprint density at radius 1 is 1.45 bits per heavy atom. The number of rotatable bonds is 3. The van der Waals surface area contributed by atoms with Gasteiger partial charge in [-0.05, 0) is 31.4 Å². The number of methoxy groups -OCH3 is 1. The van der Waals surface area contributed by atoms with Crippen molar-refractivity contribution in [2.24, 2.45) is 5.92 Å². The van der Waals surface area contributed by atoms with Crippen LogP contribution in [0.15, 0.2) is 24.3 Å². The van der Waals surface area contributed by atoms with Gasteiger partial charge in [-0.2, -0.15) is 0 Å². The Hall–Kier alpha value is -1.88. The zero-order chi connectivity index (χ0) is 14.1. The van der Waals surface area contributed by atoms with Crippen molar-refractivity contribution in [1.29, 1.82) is 0 Å². The molecular weight excluding hydrogens is 274 g/mol. The maximum Gasteiger partial charge on any atom is 0.306 e. The zero-order valence-electron chi connectivity index (χ0n) is 11.1. The van der Waals surface area contributed by atoms with E-state index in [1.54, 1.807) is 18.4 Å². The number of nitrogens with zero attached hydrogens (tertiary/aromatic N) is 1. The van der Waals surface area contributed by atoms with E-state index in [0.717, 1.165) is 33.3 Å². The van der Waals surface area contributed by atoms with E-state index in [9.17, 15) is 4.79 Å². The first kappa shape index (κ1) is 13.1. The molecule has 1 aromatic heterocycles. The fraction of sp³-hybridized carbons (Fsp3) is 0.333. The van der Waals surface area contributed by atoms with Gasteiger partial charge in [0.2, 0.25) is 0 Å². The van der Waals surface area contributed by atoms with Crippen molar-refractivity contribution in [2.45, 2.75) is 19.3 Å². The second kappa shape index (κ2) is 5.25. The quantitative estimate of drug-likeness (QED) is 0.943. The summed E-state index contributed by atoms with van der Waals surface area (Å²) in [5.41, 5.74) is 2.02. The molecule has 0 saturated heterocycles. The van der Waals surface area contributed by atoms with Crippen molar-refractivity contribution in [1.82, 2.24) is 4.98 Å². The number of benzene rings is 1. The van der Waals surface area contributed by atoms with Crippen molar-refractivity contribution >= 4 is 17.3 Å². The third-order valence-electron chi connectivity index (χ3n) is 3.63. The van der Waals surface area contributed by atoms with Gasteiger partial charge in [-0.3, -0.25) is 4.79 Å². The highest BCUT2D eigenvalue weighted by Crippen LogP contribution is 2.37. The molecule has 0 radical (unpaired) electrons. The Morgan fingerprint density at radius 2 is 2.25 bits per heavy atom. The number of thiazole rings is 1. The van der Waals surface area contributed by atoms with Crippen LogP contribution in [-0.2, 0) is 17.6 Å². The molecule has 2 aromatic rings. The van der Waals surface area contributed by atoms with E-state index in [2.05, 4.69) is 4.98 Å². The smallest absolute Gasteiger partial charge is 0.306 e. The van der Waals surface area contributed by atoms with E-state index >= 15 is 0 Å². The molecule has 0 amide bonds. The first-order chi connectivity index (χ1) is 9.69. The maximum absolute atomic E-state index is 11.1. The zero-order valence-corrected chi connectivity index (χ0v) is 11.9. The number of hydrogen-bond donors (Lipinski definition) is 1. The maximum atomic E-state index is 11.1. The van der Waals surface area contributed by atoms with E-state index < -0.39 is 5.97 Å². The van der Waals surface area contributed by atoms with E-state index in [4.69, 9.17) is 9.84 Å². The van der Waals surface area contributed by atoms with Gasteiger partial charge in [0, 0.05) is 4.88 Å². The second-order valence-electron chi connectivity index (χ2n) is 4.87. The number of carbonyl (C=O) groups is 1. The van der Waals surface area contributed by atoms with Crippen LogP contribution in [0, 0.1) is 5.92 Å². The summed E-state index contributed by atoms with van der Waals surface area (Å²) in [6, 6.07) is 7.78. The number of carboxylic acids is 1. The van der Waals surface area contributed by atoms with Gasteiger partial charge in [-0.1, -0.05) is 12.1 Å². The van der Waals surface area contributed by atoms with Gasteiger partial charge >= 0.3 is 5.97 Å². The Morgan fingerprint density at radius 3 is 3.00 bits per heavy atom. The van der Waals surface area contributed by atoms with Gasteiger partial charge in [0.25, 0.3) is 0 Å². The summed E-state index contributed by atoms with van der Waals surface area (Å²) in [4.78, 5) is 16.9. The van der Waals surface area contributed by atoms with Crippen molar-refractivity contribution in [3.8, 4) is 16.3 Å². The molecule has 1 aliphatic carbocycles. The van der Waals surface area contributed by atoms with Gasteiger partial charge in [0.15, 0.2) is 0 Å². The number of aliphatic carboxylic acids is 1. The molecule has 4 nitrogen and oxygen atoms in total. The second-order valence-corrected chi connectivity index (χ2v) is 5.95. The van der Waals surface area contributed by atoms with Crippen molar-refractivity contribution in [3.63, 3.8) is 0 Å². The van der Waals surface area contributed by atoms with Crippen LogP contribution in [0.1, 0.15) is 17.0 Å². The van der Waals surface area contributed by atoms with Crippen LogP contribution in [0.2, 0.25) is 0 Å². The highest BCUT2D eigenvalue weighted by molar-refractivity contribution is 7.15. The summed E-state index contributed by atoms with van der Waals surface area (Å²) in [7, 11) is 1.65. The molecule has 1 aliphatic rings.